The van der Waals surface area contributed by atoms with Gasteiger partial charge in [0.1, 0.15) is 12.4 Å². The molecule has 3 rings (SSSR count). The standard InChI is InChI=1S/C14H27N5O2/c1-9-8-19(18-10(9)2)14-15-6-11(7-16-14)17-13(20)12-4-3-5-21-12/h9-12,14-16,18H,3-8H2,1-2H3,(H,17,20). The van der Waals surface area contributed by atoms with Crippen molar-refractivity contribution in [2.75, 3.05) is 26.2 Å². The van der Waals surface area contributed by atoms with Crippen LogP contribution in [0.15, 0.2) is 0 Å². The van der Waals surface area contributed by atoms with Crippen molar-refractivity contribution in [3.05, 3.63) is 0 Å². The van der Waals surface area contributed by atoms with E-state index in [9.17, 15) is 4.79 Å². The quantitative estimate of drug-likeness (QED) is 0.534. The minimum Gasteiger partial charge on any atom is -0.368 e. The van der Waals surface area contributed by atoms with Gasteiger partial charge in [0, 0.05) is 32.3 Å². The Morgan fingerprint density at radius 1 is 1.29 bits per heavy atom. The van der Waals surface area contributed by atoms with Gasteiger partial charge in [0.15, 0.2) is 0 Å². The highest BCUT2D eigenvalue weighted by Crippen LogP contribution is 2.15. The van der Waals surface area contributed by atoms with Crippen LogP contribution in [0, 0.1) is 5.92 Å². The average molecular weight is 297 g/mol. The first-order valence-corrected chi connectivity index (χ1v) is 8.05. The second kappa shape index (κ2) is 6.58. The number of hydrazine groups is 1. The number of nitrogens with zero attached hydrogens (tertiary/aromatic N) is 1. The third kappa shape index (κ3) is 3.54. The summed E-state index contributed by atoms with van der Waals surface area (Å²) in [6.07, 6.45) is 1.71. The Labute approximate surface area is 126 Å². The summed E-state index contributed by atoms with van der Waals surface area (Å²) in [5, 5.41) is 12.2. The molecule has 3 fully saturated rings. The Morgan fingerprint density at radius 2 is 2.05 bits per heavy atom. The normalized spacial score (nSPS) is 41.3. The van der Waals surface area contributed by atoms with Gasteiger partial charge in [0.25, 0.3) is 0 Å². The fourth-order valence-electron chi connectivity index (χ4n) is 3.14. The first-order valence-electron chi connectivity index (χ1n) is 8.05. The highest BCUT2D eigenvalue weighted by atomic mass is 16.5. The van der Waals surface area contributed by atoms with Gasteiger partial charge < -0.3 is 10.1 Å². The van der Waals surface area contributed by atoms with Gasteiger partial charge >= 0.3 is 0 Å². The molecule has 0 aromatic carbocycles. The number of nitrogens with one attached hydrogen (secondary N) is 4. The second-order valence-electron chi connectivity index (χ2n) is 6.47. The molecule has 1 amide bonds. The van der Waals surface area contributed by atoms with Gasteiger partial charge in [-0.05, 0) is 25.7 Å². The van der Waals surface area contributed by atoms with Gasteiger partial charge in [-0.2, -0.15) is 0 Å². The average Bonchev–Trinajstić information content (AvgIpc) is 3.11. The lowest BCUT2D eigenvalue weighted by Gasteiger charge is -2.37. The van der Waals surface area contributed by atoms with E-state index in [-0.39, 0.29) is 24.3 Å². The lowest BCUT2D eigenvalue weighted by Crippen LogP contribution is -2.67. The SMILES string of the molecule is CC1CN(C2NCC(NC(=O)C3CCCO3)CN2)NC1C. The zero-order valence-corrected chi connectivity index (χ0v) is 12.9. The van der Waals surface area contributed by atoms with E-state index in [2.05, 4.69) is 40.2 Å². The van der Waals surface area contributed by atoms with Gasteiger partial charge in [-0.3, -0.25) is 15.4 Å². The van der Waals surface area contributed by atoms with Crippen molar-refractivity contribution >= 4 is 5.91 Å². The predicted octanol–water partition coefficient (Wildman–Crippen LogP) is -1.03. The van der Waals surface area contributed by atoms with Crippen LogP contribution in [0.1, 0.15) is 26.7 Å². The summed E-state index contributed by atoms with van der Waals surface area (Å²) in [7, 11) is 0. The lowest BCUT2D eigenvalue weighted by atomic mass is 10.1. The predicted molar refractivity (Wildman–Crippen MR) is 79.2 cm³/mol. The number of ether oxygens (including phenoxy) is 1. The monoisotopic (exact) mass is 297 g/mol. The molecule has 0 saturated carbocycles. The fraction of sp³-hybridized carbons (Fsp3) is 0.929. The molecule has 120 valence electrons. The molecule has 3 heterocycles. The maximum atomic E-state index is 12.0. The number of carbonyl (C=O) groups excluding carboxylic acids is 1. The number of hydrogen-bond donors (Lipinski definition) is 4. The Hall–Kier alpha value is -0.730. The summed E-state index contributed by atoms with van der Waals surface area (Å²) in [5.74, 6) is 0.673. The van der Waals surface area contributed by atoms with Crippen LogP contribution in [0.25, 0.3) is 0 Å². The minimum absolute atomic E-state index is 0.0288. The van der Waals surface area contributed by atoms with Gasteiger partial charge in [0.05, 0.1) is 6.04 Å². The van der Waals surface area contributed by atoms with Crippen LogP contribution >= 0.6 is 0 Å². The third-order valence-electron chi connectivity index (χ3n) is 4.70. The summed E-state index contributed by atoms with van der Waals surface area (Å²) in [6.45, 7) is 7.74. The van der Waals surface area contributed by atoms with E-state index in [1.54, 1.807) is 0 Å². The summed E-state index contributed by atoms with van der Waals surface area (Å²) < 4.78 is 5.41. The van der Waals surface area contributed by atoms with E-state index in [0.717, 1.165) is 32.5 Å². The third-order valence-corrected chi connectivity index (χ3v) is 4.70. The molecule has 3 aliphatic rings. The van der Waals surface area contributed by atoms with Crippen LogP contribution in [-0.2, 0) is 9.53 Å². The van der Waals surface area contributed by atoms with Gasteiger partial charge in [-0.1, -0.05) is 6.92 Å². The Balaban J connectivity index is 1.42. The highest BCUT2D eigenvalue weighted by molar-refractivity contribution is 5.81. The van der Waals surface area contributed by atoms with E-state index in [1.165, 1.54) is 0 Å². The fourth-order valence-corrected chi connectivity index (χ4v) is 3.14. The number of rotatable bonds is 3. The highest BCUT2D eigenvalue weighted by Gasteiger charge is 2.33. The maximum absolute atomic E-state index is 12.0. The van der Waals surface area contributed by atoms with Gasteiger partial charge in [-0.25, -0.2) is 10.4 Å². The van der Waals surface area contributed by atoms with Crippen LogP contribution in [0.4, 0.5) is 0 Å². The van der Waals surface area contributed by atoms with Crippen molar-refractivity contribution in [1.29, 1.82) is 0 Å². The van der Waals surface area contributed by atoms with E-state index in [1.807, 2.05) is 0 Å². The molecule has 7 heteroatoms. The van der Waals surface area contributed by atoms with Crippen molar-refractivity contribution in [2.24, 2.45) is 5.92 Å². The van der Waals surface area contributed by atoms with Crippen LogP contribution in [0.3, 0.4) is 0 Å². The van der Waals surface area contributed by atoms with Crippen molar-refractivity contribution in [1.82, 2.24) is 26.4 Å². The molecule has 21 heavy (non-hydrogen) atoms. The Kier molecular flexibility index (Phi) is 4.75. The molecule has 3 aliphatic heterocycles. The lowest BCUT2D eigenvalue weighted by molar-refractivity contribution is -0.131. The van der Waals surface area contributed by atoms with Crippen LogP contribution < -0.4 is 21.4 Å². The Bertz CT molecular complexity index is 356. The van der Waals surface area contributed by atoms with Crippen molar-refractivity contribution < 1.29 is 9.53 Å². The summed E-state index contributed by atoms with van der Waals surface area (Å²) in [5.41, 5.74) is 3.47. The molecule has 7 nitrogen and oxygen atoms in total. The van der Waals surface area contributed by atoms with Gasteiger partial charge in [0.2, 0.25) is 5.91 Å². The summed E-state index contributed by atoms with van der Waals surface area (Å²) in [6, 6.07) is 0.626. The van der Waals surface area contributed by atoms with Crippen molar-refractivity contribution in [3.8, 4) is 0 Å². The number of carbonyl (C=O) groups is 1. The molecule has 0 aromatic heterocycles. The van der Waals surface area contributed by atoms with E-state index in [4.69, 9.17) is 4.74 Å². The molecule has 0 spiro atoms. The molecule has 0 radical (unpaired) electrons. The molecule has 3 saturated heterocycles. The Morgan fingerprint density at radius 3 is 2.62 bits per heavy atom. The molecule has 0 aliphatic carbocycles. The van der Waals surface area contributed by atoms with E-state index < -0.39 is 0 Å². The molecule has 0 aromatic rings. The topological polar surface area (TPSA) is 77.7 Å². The molecular weight excluding hydrogens is 270 g/mol. The van der Waals surface area contributed by atoms with Crippen molar-refractivity contribution in [3.63, 3.8) is 0 Å². The smallest absolute Gasteiger partial charge is 0.249 e. The second-order valence-corrected chi connectivity index (χ2v) is 6.47. The van der Waals surface area contributed by atoms with E-state index in [0.29, 0.717) is 18.6 Å². The molecular formula is C14H27N5O2. The van der Waals surface area contributed by atoms with Crippen LogP contribution in [0.2, 0.25) is 0 Å². The van der Waals surface area contributed by atoms with Crippen molar-refractivity contribution in [2.45, 2.75) is 51.2 Å². The van der Waals surface area contributed by atoms with Crippen LogP contribution in [0.5, 0.6) is 0 Å². The van der Waals surface area contributed by atoms with Crippen LogP contribution in [-0.4, -0.2) is 61.6 Å². The molecule has 4 N–H and O–H groups in total. The zero-order chi connectivity index (χ0) is 14.8. The summed E-state index contributed by atoms with van der Waals surface area (Å²) in [4.78, 5) is 12.0. The zero-order valence-electron chi connectivity index (χ0n) is 12.9. The maximum Gasteiger partial charge on any atom is 0.249 e. The first kappa shape index (κ1) is 15.2. The summed E-state index contributed by atoms with van der Waals surface area (Å²) >= 11 is 0. The first-order chi connectivity index (χ1) is 10.1. The molecule has 3 unspecified atom stereocenters. The minimum atomic E-state index is -0.246. The largest absolute Gasteiger partial charge is 0.368 e. The molecule has 0 bridgehead atoms. The number of hydrogen-bond acceptors (Lipinski definition) is 6. The number of amides is 1. The van der Waals surface area contributed by atoms with Gasteiger partial charge in [-0.15, -0.1) is 0 Å². The van der Waals surface area contributed by atoms with E-state index >= 15 is 0 Å². The molecule has 3 atom stereocenters.